The van der Waals surface area contributed by atoms with Crippen molar-refractivity contribution in [3.05, 3.63) is 0 Å². The lowest BCUT2D eigenvalue weighted by molar-refractivity contribution is -0.118. The molecule has 2 fully saturated rings. The molecule has 2 aliphatic rings. The van der Waals surface area contributed by atoms with E-state index in [1.54, 1.807) is 0 Å². The van der Waals surface area contributed by atoms with Gasteiger partial charge in [0.25, 0.3) is 0 Å². The molecule has 0 radical (unpaired) electrons. The molecule has 86 valence electrons. The molecular formula is C12H22N2O. The molecule has 15 heavy (non-hydrogen) atoms. The van der Waals surface area contributed by atoms with Crippen LogP contribution in [0.1, 0.15) is 32.1 Å². The maximum atomic E-state index is 11.2. The van der Waals surface area contributed by atoms with Gasteiger partial charge in [0.05, 0.1) is 6.54 Å². The van der Waals surface area contributed by atoms with Crippen LogP contribution < -0.4 is 5.32 Å². The number of likely N-dealkylation sites (tertiary alicyclic amines) is 1. The van der Waals surface area contributed by atoms with Crippen LogP contribution in [0, 0.1) is 5.92 Å². The van der Waals surface area contributed by atoms with Crippen molar-refractivity contribution in [3.8, 4) is 0 Å². The summed E-state index contributed by atoms with van der Waals surface area (Å²) in [6, 6.07) is 0. The summed E-state index contributed by atoms with van der Waals surface area (Å²) in [5.41, 5.74) is 0. The highest BCUT2D eigenvalue weighted by molar-refractivity contribution is 5.80. The van der Waals surface area contributed by atoms with E-state index in [0.717, 1.165) is 19.4 Å². The minimum Gasteiger partial charge on any atom is -0.310 e. The maximum Gasteiger partial charge on any atom is 0.146 e. The second-order valence-corrected chi connectivity index (χ2v) is 4.94. The van der Waals surface area contributed by atoms with E-state index in [1.807, 2.05) is 0 Å². The Morgan fingerprint density at radius 3 is 2.87 bits per heavy atom. The highest BCUT2D eigenvalue weighted by Crippen LogP contribution is 2.15. The van der Waals surface area contributed by atoms with Crippen LogP contribution in [0.3, 0.4) is 0 Å². The van der Waals surface area contributed by atoms with Crippen LogP contribution in [0.2, 0.25) is 0 Å². The third-order valence-corrected chi connectivity index (χ3v) is 3.55. The van der Waals surface area contributed by atoms with Crippen molar-refractivity contribution in [2.24, 2.45) is 5.92 Å². The second kappa shape index (κ2) is 5.61. The lowest BCUT2D eigenvalue weighted by Crippen LogP contribution is -2.37. The average molecular weight is 210 g/mol. The molecule has 3 nitrogen and oxygen atoms in total. The molecular weight excluding hydrogens is 188 g/mol. The first kappa shape index (κ1) is 11.1. The summed E-state index contributed by atoms with van der Waals surface area (Å²) in [4.78, 5) is 13.8. The molecule has 2 saturated heterocycles. The summed E-state index contributed by atoms with van der Waals surface area (Å²) in [6.45, 7) is 5.36. The standard InChI is InChI=1S/C12H22N2O/c15-12-5-4-11(8-13-9-12)10-14-6-2-1-3-7-14/h11,13H,1-10H2. The first-order valence-corrected chi connectivity index (χ1v) is 6.29. The van der Waals surface area contributed by atoms with Crippen molar-refractivity contribution in [2.45, 2.75) is 32.1 Å². The van der Waals surface area contributed by atoms with Crippen LogP contribution in [-0.4, -0.2) is 43.4 Å². The average Bonchev–Trinajstić information content (AvgIpc) is 2.46. The number of carbonyl (C=O) groups excluding carboxylic acids is 1. The number of hydrogen-bond acceptors (Lipinski definition) is 3. The SMILES string of the molecule is O=C1CCC(CN2CCCCC2)CNC1. The van der Waals surface area contributed by atoms with Gasteiger partial charge in [-0.1, -0.05) is 6.42 Å². The van der Waals surface area contributed by atoms with Gasteiger partial charge in [0.1, 0.15) is 5.78 Å². The molecule has 1 atom stereocenters. The Morgan fingerprint density at radius 1 is 1.27 bits per heavy atom. The lowest BCUT2D eigenvalue weighted by atomic mass is 10.0. The Labute approximate surface area is 92.2 Å². The molecule has 3 heteroatoms. The summed E-state index contributed by atoms with van der Waals surface area (Å²) < 4.78 is 0. The zero-order chi connectivity index (χ0) is 10.5. The van der Waals surface area contributed by atoms with Crippen LogP contribution in [-0.2, 0) is 4.79 Å². The number of nitrogens with zero attached hydrogens (tertiary/aromatic N) is 1. The van der Waals surface area contributed by atoms with E-state index in [-0.39, 0.29) is 0 Å². The fraction of sp³-hybridized carbons (Fsp3) is 0.917. The fourth-order valence-corrected chi connectivity index (χ4v) is 2.63. The van der Waals surface area contributed by atoms with Crippen molar-refractivity contribution in [2.75, 3.05) is 32.7 Å². The molecule has 1 N–H and O–H groups in total. The van der Waals surface area contributed by atoms with Gasteiger partial charge in [-0.15, -0.1) is 0 Å². The van der Waals surface area contributed by atoms with Crippen LogP contribution in [0.15, 0.2) is 0 Å². The Balaban J connectivity index is 1.75. The van der Waals surface area contributed by atoms with E-state index < -0.39 is 0 Å². The molecule has 0 saturated carbocycles. The predicted molar refractivity (Wildman–Crippen MR) is 60.9 cm³/mol. The Morgan fingerprint density at radius 2 is 2.07 bits per heavy atom. The van der Waals surface area contributed by atoms with Crippen molar-refractivity contribution in [1.82, 2.24) is 10.2 Å². The van der Waals surface area contributed by atoms with Gasteiger partial charge in [-0.2, -0.15) is 0 Å². The number of hydrogen-bond donors (Lipinski definition) is 1. The molecule has 2 rings (SSSR count). The second-order valence-electron chi connectivity index (χ2n) is 4.94. The first-order valence-electron chi connectivity index (χ1n) is 6.29. The molecule has 0 aromatic heterocycles. The minimum atomic E-state index is 0.385. The monoisotopic (exact) mass is 210 g/mol. The van der Waals surface area contributed by atoms with E-state index >= 15 is 0 Å². The van der Waals surface area contributed by atoms with Gasteiger partial charge in [0, 0.05) is 13.0 Å². The third-order valence-electron chi connectivity index (χ3n) is 3.55. The summed E-state index contributed by atoms with van der Waals surface area (Å²) >= 11 is 0. The maximum absolute atomic E-state index is 11.2. The van der Waals surface area contributed by atoms with Gasteiger partial charge in [-0.3, -0.25) is 4.79 Å². The summed E-state index contributed by atoms with van der Waals surface area (Å²) in [5, 5.41) is 3.26. The zero-order valence-corrected chi connectivity index (χ0v) is 9.50. The van der Waals surface area contributed by atoms with Gasteiger partial charge in [-0.25, -0.2) is 0 Å². The number of nitrogens with one attached hydrogen (secondary N) is 1. The summed E-state index contributed by atoms with van der Waals surface area (Å²) in [7, 11) is 0. The normalized spacial score (nSPS) is 30.1. The number of carbonyl (C=O) groups is 1. The Bertz CT molecular complexity index is 212. The molecule has 2 aliphatic heterocycles. The number of piperidine rings is 1. The highest BCUT2D eigenvalue weighted by atomic mass is 16.1. The number of Topliss-reactive ketones (excluding diaryl/α,β-unsaturated/α-hetero) is 1. The van der Waals surface area contributed by atoms with E-state index in [4.69, 9.17) is 0 Å². The van der Waals surface area contributed by atoms with E-state index in [0.29, 0.717) is 18.2 Å². The van der Waals surface area contributed by atoms with Crippen LogP contribution in [0.4, 0.5) is 0 Å². The molecule has 2 heterocycles. The zero-order valence-electron chi connectivity index (χ0n) is 9.50. The molecule has 0 spiro atoms. The van der Waals surface area contributed by atoms with Crippen molar-refractivity contribution in [3.63, 3.8) is 0 Å². The number of rotatable bonds is 2. The lowest BCUT2D eigenvalue weighted by Gasteiger charge is -2.29. The van der Waals surface area contributed by atoms with Gasteiger partial charge < -0.3 is 10.2 Å². The van der Waals surface area contributed by atoms with Crippen molar-refractivity contribution < 1.29 is 4.79 Å². The minimum absolute atomic E-state index is 0.385. The van der Waals surface area contributed by atoms with Crippen molar-refractivity contribution >= 4 is 5.78 Å². The van der Waals surface area contributed by atoms with Gasteiger partial charge in [-0.05, 0) is 44.8 Å². The molecule has 0 aromatic rings. The Hall–Kier alpha value is -0.410. The molecule has 1 unspecified atom stereocenters. The largest absolute Gasteiger partial charge is 0.310 e. The van der Waals surface area contributed by atoms with Gasteiger partial charge >= 0.3 is 0 Å². The van der Waals surface area contributed by atoms with Crippen LogP contribution in [0.25, 0.3) is 0 Å². The quantitative estimate of drug-likeness (QED) is 0.739. The molecule has 0 bridgehead atoms. The summed E-state index contributed by atoms with van der Waals surface area (Å²) in [5.74, 6) is 1.07. The van der Waals surface area contributed by atoms with Crippen LogP contribution >= 0.6 is 0 Å². The van der Waals surface area contributed by atoms with Gasteiger partial charge in [0.15, 0.2) is 0 Å². The van der Waals surface area contributed by atoms with Crippen LogP contribution in [0.5, 0.6) is 0 Å². The fourth-order valence-electron chi connectivity index (χ4n) is 2.63. The third kappa shape index (κ3) is 3.58. The van der Waals surface area contributed by atoms with Crippen molar-refractivity contribution in [1.29, 1.82) is 0 Å². The first-order chi connectivity index (χ1) is 7.34. The molecule has 0 aliphatic carbocycles. The molecule has 0 aromatic carbocycles. The highest BCUT2D eigenvalue weighted by Gasteiger charge is 2.19. The van der Waals surface area contributed by atoms with E-state index in [9.17, 15) is 4.79 Å². The topological polar surface area (TPSA) is 32.3 Å². The van der Waals surface area contributed by atoms with E-state index in [2.05, 4.69) is 10.2 Å². The molecule has 0 amide bonds. The number of ketones is 1. The smallest absolute Gasteiger partial charge is 0.146 e. The summed E-state index contributed by atoms with van der Waals surface area (Å²) in [6.07, 6.45) is 5.99. The van der Waals surface area contributed by atoms with E-state index in [1.165, 1.54) is 38.9 Å². The predicted octanol–water partition coefficient (Wildman–Crippen LogP) is 1.04. The van der Waals surface area contributed by atoms with Gasteiger partial charge in [0.2, 0.25) is 0 Å². The Kier molecular flexibility index (Phi) is 4.15.